The predicted octanol–water partition coefficient (Wildman–Crippen LogP) is 3.56. The number of nitrogens with one attached hydrogen (secondary N) is 2. The van der Waals surface area contributed by atoms with E-state index in [0.717, 1.165) is 5.56 Å². The van der Waals surface area contributed by atoms with E-state index in [1.807, 2.05) is 0 Å². The van der Waals surface area contributed by atoms with Crippen molar-refractivity contribution in [1.29, 1.82) is 0 Å². The van der Waals surface area contributed by atoms with Crippen LogP contribution in [0.2, 0.25) is 5.02 Å². The standard InChI is InChI=1S/C17H13ClN2O3S/c18-13-7-4-11(5-8-13)6-9-15(21)20-17(24)19-14-3-1-2-12(10-14)16(22)23/h1-10H,(H,22,23)(H2,19,20,21,24). The Morgan fingerprint density at radius 3 is 2.50 bits per heavy atom. The average molecular weight is 361 g/mol. The third-order valence-electron chi connectivity index (χ3n) is 2.90. The van der Waals surface area contributed by atoms with Gasteiger partial charge in [0, 0.05) is 16.8 Å². The first-order valence-corrected chi connectivity index (χ1v) is 7.61. The number of hydrogen-bond donors (Lipinski definition) is 3. The van der Waals surface area contributed by atoms with Crippen LogP contribution >= 0.6 is 23.8 Å². The van der Waals surface area contributed by atoms with Crippen molar-refractivity contribution in [2.45, 2.75) is 0 Å². The molecule has 2 aromatic rings. The minimum atomic E-state index is -1.04. The van der Waals surface area contributed by atoms with E-state index in [2.05, 4.69) is 10.6 Å². The average Bonchev–Trinajstić information content (AvgIpc) is 2.54. The number of thiocarbonyl (C=S) groups is 1. The number of aromatic carboxylic acids is 1. The Morgan fingerprint density at radius 1 is 1.12 bits per heavy atom. The highest BCUT2D eigenvalue weighted by Crippen LogP contribution is 2.11. The number of hydrogen-bond acceptors (Lipinski definition) is 3. The van der Waals surface area contributed by atoms with Crippen molar-refractivity contribution in [2.24, 2.45) is 0 Å². The summed E-state index contributed by atoms with van der Waals surface area (Å²) in [5, 5.41) is 14.9. The van der Waals surface area contributed by atoms with Crippen molar-refractivity contribution in [3.8, 4) is 0 Å². The van der Waals surface area contributed by atoms with Crippen molar-refractivity contribution in [1.82, 2.24) is 5.32 Å². The lowest BCUT2D eigenvalue weighted by molar-refractivity contribution is -0.115. The summed E-state index contributed by atoms with van der Waals surface area (Å²) in [6.45, 7) is 0. The SMILES string of the molecule is O=C(C=Cc1ccc(Cl)cc1)NC(=S)Nc1cccc(C(=O)O)c1. The minimum Gasteiger partial charge on any atom is -0.478 e. The molecule has 7 heteroatoms. The number of benzene rings is 2. The van der Waals surface area contributed by atoms with Crippen molar-refractivity contribution in [3.05, 3.63) is 70.8 Å². The van der Waals surface area contributed by atoms with Crippen LogP contribution in [-0.4, -0.2) is 22.1 Å². The molecule has 0 aliphatic carbocycles. The lowest BCUT2D eigenvalue weighted by Gasteiger charge is -2.08. The van der Waals surface area contributed by atoms with Gasteiger partial charge in [-0.15, -0.1) is 0 Å². The minimum absolute atomic E-state index is 0.0725. The molecule has 0 unspecified atom stereocenters. The fourth-order valence-electron chi connectivity index (χ4n) is 1.79. The van der Waals surface area contributed by atoms with Crippen LogP contribution in [-0.2, 0) is 4.79 Å². The highest BCUT2D eigenvalue weighted by molar-refractivity contribution is 7.80. The number of carbonyl (C=O) groups excluding carboxylic acids is 1. The molecule has 0 saturated carbocycles. The first-order chi connectivity index (χ1) is 11.4. The Balaban J connectivity index is 1.92. The summed E-state index contributed by atoms with van der Waals surface area (Å²) in [7, 11) is 0. The molecule has 0 aromatic heterocycles. The van der Waals surface area contributed by atoms with E-state index in [4.69, 9.17) is 28.9 Å². The molecule has 5 nitrogen and oxygen atoms in total. The Bertz CT molecular complexity index is 804. The van der Waals surface area contributed by atoms with Crippen LogP contribution in [0.5, 0.6) is 0 Å². The van der Waals surface area contributed by atoms with Gasteiger partial charge in [0.15, 0.2) is 5.11 Å². The quantitative estimate of drug-likeness (QED) is 0.574. The summed E-state index contributed by atoms with van der Waals surface area (Å²) < 4.78 is 0. The van der Waals surface area contributed by atoms with Crippen molar-refractivity contribution < 1.29 is 14.7 Å². The number of amides is 1. The van der Waals surface area contributed by atoms with E-state index >= 15 is 0 Å². The molecule has 0 heterocycles. The Hall–Kier alpha value is -2.70. The number of carbonyl (C=O) groups is 2. The van der Waals surface area contributed by atoms with Crippen LogP contribution in [0, 0.1) is 0 Å². The second-order valence-electron chi connectivity index (χ2n) is 4.71. The summed E-state index contributed by atoms with van der Waals surface area (Å²) in [6.07, 6.45) is 2.96. The van der Waals surface area contributed by atoms with E-state index in [1.165, 1.54) is 18.2 Å². The monoisotopic (exact) mass is 360 g/mol. The molecule has 24 heavy (non-hydrogen) atoms. The lowest BCUT2D eigenvalue weighted by Crippen LogP contribution is -2.32. The second-order valence-corrected chi connectivity index (χ2v) is 5.56. The van der Waals surface area contributed by atoms with Crippen LogP contribution in [0.1, 0.15) is 15.9 Å². The molecule has 2 aromatic carbocycles. The fraction of sp³-hybridized carbons (Fsp3) is 0. The number of carboxylic acid groups (broad SMARTS) is 1. The number of halogens is 1. The van der Waals surface area contributed by atoms with Gasteiger partial charge in [0.05, 0.1) is 5.56 Å². The Kier molecular flexibility index (Phi) is 6.06. The van der Waals surface area contributed by atoms with Gasteiger partial charge in [-0.2, -0.15) is 0 Å². The van der Waals surface area contributed by atoms with Crippen molar-refractivity contribution >= 4 is 52.6 Å². The molecule has 0 saturated heterocycles. The number of carboxylic acids is 1. The van der Waals surface area contributed by atoms with Crippen molar-refractivity contribution in [2.75, 3.05) is 5.32 Å². The summed E-state index contributed by atoms with van der Waals surface area (Å²) in [6, 6.07) is 13.1. The maximum Gasteiger partial charge on any atom is 0.335 e. The molecule has 0 aliphatic rings. The van der Waals surface area contributed by atoms with Gasteiger partial charge in [-0.25, -0.2) is 4.79 Å². The van der Waals surface area contributed by atoms with Gasteiger partial charge in [0.25, 0.3) is 0 Å². The number of anilines is 1. The smallest absolute Gasteiger partial charge is 0.335 e. The predicted molar refractivity (Wildman–Crippen MR) is 98.3 cm³/mol. The molecule has 0 bridgehead atoms. The van der Waals surface area contributed by atoms with Crippen LogP contribution in [0.3, 0.4) is 0 Å². The molecule has 3 N–H and O–H groups in total. The Morgan fingerprint density at radius 2 is 1.83 bits per heavy atom. The van der Waals surface area contributed by atoms with Crippen LogP contribution < -0.4 is 10.6 Å². The van der Waals surface area contributed by atoms with Crippen LogP contribution in [0.25, 0.3) is 6.08 Å². The third kappa shape index (κ3) is 5.49. The van der Waals surface area contributed by atoms with Crippen LogP contribution in [0.15, 0.2) is 54.6 Å². The molecule has 0 atom stereocenters. The zero-order valence-corrected chi connectivity index (χ0v) is 13.9. The van der Waals surface area contributed by atoms with E-state index in [9.17, 15) is 9.59 Å². The number of rotatable bonds is 4. The molecule has 0 spiro atoms. The zero-order valence-electron chi connectivity index (χ0n) is 12.3. The molecule has 122 valence electrons. The summed E-state index contributed by atoms with van der Waals surface area (Å²) in [5.74, 6) is -1.45. The normalized spacial score (nSPS) is 10.4. The van der Waals surface area contributed by atoms with E-state index in [0.29, 0.717) is 10.7 Å². The maximum absolute atomic E-state index is 11.8. The third-order valence-corrected chi connectivity index (χ3v) is 3.36. The molecule has 0 aliphatic heterocycles. The van der Waals surface area contributed by atoms with Gasteiger partial charge in [-0.3, -0.25) is 10.1 Å². The molecule has 1 amide bonds. The summed E-state index contributed by atoms with van der Waals surface area (Å²) in [5.41, 5.74) is 1.42. The highest BCUT2D eigenvalue weighted by atomic mass is 35.5. The van der Waals surface area contributed by atoms with Gasteiger partial charge in [0.2, 0.25) is 5.91 Å². The Labute approximate surface area is 149 Å². The lowest BCUT2D eigenvalue weighted by atomic mass is 10.2. The topological polar surface area (TPSA) is 78.4 Å². The maximum atomic E-state index is 11.8. The highest BCUT2D eigenvalue weighted by Gasteiger charge is 2.05. The van der Waals surface area contributed by atoms with Crippen LogP contribution in [0.4, 0.5) is 5.69 Å². The second kappa shape index (κ2) is 8.24. The molecule has 0 fully saturated rings. The first-order valence-electron chi connectivity index (χ1n) is 6.83. The van der Waals surface area contributed by atoms with Gasteiger partial charge in [0.1, 0.15) is 0 Å². The summed E-state index contributed by atoms with van der Waals surface area (Å²) >= 11 is 10.8. The van der Waals surface area contributed by atoms with Gasteiger partial charge in [-0.05, 0) is 54.2 Å². The fourth-order valence-corrected chi connectivity index (χ4v) is 2.14. The van der Waals surface area contributed by atoms with Gasteiger partial charge >= 0.3 is 5.97 Å². The molecular formula is C17H13ClN2O3S. The van der Waals surface area contributed by atoms with E-state index < -0.39 is 11.9 Å². The van der Waals surface area contributed by atoms with Gasteiger partial charge < -0.3 is 10.4 Å². The van der Waals surface area contributed by atoms with Crippen molar-refractivity contribution in [3.63, 3.8) is 0 Å². The van der Waals surface area contributed by atoms with Gasteiger partial charge in [-0.1, -0.05) is 29.8 Å². The first kappa shape index (κ1) is 17.7. The molecular weight excluding hydrogens is 348 g/mol. The zero-order chi connectivity index (χ0) is 17.5. The van der Waals surface area contributed by atoms with E-state index in [-0.39, 0.29) is 10.7 Å². The molecule has 2 rings (SSSR count). The summed E-state index contributed by atoms with van der Waals surface area (Å²) in [4.78, 5) is 22.7. The largest absolute Gasteiger partial charge is 0.478 e. The van der Waals surface area contributed by atoms with E-state index in [1.54, 1.807) is 42.5 Å². The molecule has 0 radical (unpaired) electrons.